The molecule has 0 aliphatic rings. The van der Waals surface area contributed by atoms with E-state index in [1.165, 1.54) is 10.5 Å². The molecule has 2 heterocycles. The predicted octanol–water partition coefficient (Wildman–Crippen LogP) is 6.81. The van der Waals surface area contributed by atoms with Crippen molar-refractivity contribution < 1.29 is 41.0 Å². The molecule has 5 nitrogen and oxygen atoms in total. The van der Waals surface area contributed by atoms with Crippen molar-refractivity contribution >= 4 is 23.0 Å². The van der Waals surface area contributed by atoms with Gasteiger partial charge in [0.2, 0.25) is 0 Å². The number of aryl methyl sites for hydroxylation is 2. The molecule has 0 radical (unpaired) electrons. The molecule has 0 bridgehead atoms. The molecule has 36 heavy (non-hydrogen) atoms. The monoisotopic (exact) mass is 536 g/mol. The van der Waals surface area contributed by atoms with Gasteiger partial charge in [-0.2, -0.15) is 26.3 Å². The molecule has 0 saturated carbocycles. The van der Waals surface area contributed by atoms with Gasteiger partial charge in [0.05, 0.1) is 18.4 Å². The quantitative estimate of drug-likeness (QED) is 0.241. The topological polar surface area (TPSA) is 63.8 Å². The van der Waals surface area contributed by atoms with E-state index in [1.54, 1.807) is 44.3 Å². The van der Waals surface area contributed by atoms with Crippen LogP contribution in [0.25, 0.3) is 5.65 Å². The number of fused-ring (bicyclic) bond motifs is 1. The summed E-state index contributed by atoms with van der Waals surface area (Å²) in [4.78, 5) is 17.3. The number of alkyl halides is 6. The summed E-state index contributed by atoms with van der Waals surface area (Å²) in [5, 5.41) is 10.9. The van der Waals surface area contributed by atoms with E-state index in [2.05, 4.69) is 4.98 Å². The van der Waals surface area contributed by atoms with Crippen LogP contribution in [0, 0.1) is 19.8 Å². The Morgan fingerprint density at radius 1 is 1.08 bits per heavy atom. The number of halogens is 7. The fourth-order valence-corrected chi connectivity index (χ4v) is 3.96. The summed E-state index contributed by atoms with van der Waals surface area (Å²) in [5.41, 5.74) is 1.72. The van der Waals surface area contributed by atoms with Crippen LogP contribution in [0.1, 0.15) is 52.7 Å². The van der Waals surface area contributed by atoms with Gasteiger partial charge in [-0.3, -0.25) is 9.20 Å². The number of carbonyl (C=O) groups excluding carboxylic acids is 1. The molecule has 0 spiro atoms. The summed E-state index contributed by atoms with van der Waals surface area (Å²) < 4.78 is 83.5. The standard InChI is InChI=1S/C24H23ClF6N2O3/c1-13-11-19(36-10-9-20(23(26,27)28)24(29,30)31)22-32-14(2)21(33(22)12-13)18(35)8-7-17(34)15-3-5-16(25)6-4-15/h3-6,11-12,17,20,34H,7-10H2,1-2H3. The largest absolute Gasteiger partial charge is 0.490 e. The second-order valence-electron chi connectivity index (χ2n) is 8.42. The van der Waals surface area contributed by atoms with Crippen molar-refractivity contribution in [3.05, 3.63) is 64.1 Å². The highest BCUT2D eigenvalue weighted by Gasteiger charge is 2.56. The maximum atomic E-state index is 13.0. The van der Waals surface area contributed by atoms with Gasteiger partial charge in [0.15, 0.2) is 23.1 Å². The summed E-state index contributed by atoms with van der Waals surface area (Å²) in [5.74, 6) is -3.91. The lowest BCUT2D eigenvalue weighted by Gasteiger charge is -2.22. The van der Waals surface area contributed by atoms with Crippen LogP contribution in [-0.2, 0) is 0 Å². The first-order chi connectivity index (χ1) is 16.7. The Balaban J connectivity index is 1.78. The van der Waals surface area contributed by atoms with Crippen LogP contribution < -0.4 is 4.74 Å². The number of carbonyl (C=O) groups is 1. The number of aliphatic hydroxyl groups is 1. The molecule has 1 unspecified atom stereocenters. The molecule has 0 amide bonds. The molecule has 0 saturated heterocycles. The van der Waals surface area contributed by atoms with Crippen LogP contribution in [-0.4, -0.2) is 39.2 Å². The summed E-state index contributed by atoms with van der Waals surface area (Å²) in [6.45, 7) is 2.33. The number of pyridine rings is 1. The van der Waals surface area contributed by atoms with Gasteiger partial charge in [0, 0.05) is 24.1 Å². The maximum Gasteiger partial charge on any atom is 0.400 e. The number of aromatic nitrogens is 2. The lowest BCUT2D eigenvalue weighted by molar-refractivity contribution is -0.286. The molecule has 1 aromatic carbocycles. The van der Waals surface area contributed by atoms with Crippen LogP contribution in [0.3, 0.4) is 0 Å². The third-order valence-electron chi connectivity index (χ3n) is 5.62. The van der Waals surface area contributed by atoms with Gasteiger partial charge in [0.25, 0.3) is 0 Å². The Hall–Kier alpha value is -2.79. The summed E-state index contributed by atoms with van der Waals surface area (Å²) in [6.07, 6.45) is -11.5. The Labute approximate surface area is 207 Å². The summed E-state index contributed by atoms with van der Waals surface area (Å²) in [7, 11) is 0. The number of benzene rings is 1. The lowest BCUT2D eigenvalue weighted by atomic mass is 10.0. The van der Waals surface area contributed by atoms with Crippen molar-refractivity contribution in [3.8, 4) is 5.75 Å². The van der Waals surface area contributed by atoms with Crippen LogP contribution in [0.4, 0.5) is 26.3 Å². The number of hydrogen-bond acceptors (Lipinski definition) is 4. The van der Waals surface area contributed by atoms with E-state index >= 15 is 0 Å². The molecule has 2 aromatic heterocycles. The maximum absolute atomic E-state index is 13.0. The second-order valence-corrected chi connectivity index (χ2v) is 8.86. The first kappa shape index (κ1) is 27.8. The van der Waals surface area contributed by atoms with E-state index in [1.807, 2.05) is 0 Å². The Morgan fingerprint density at radius 2 is 1.69 bits per heavy atom. The minimum atomic E-state index is -5.45. The van der Waals surface area contributed by atoms with Crippen LogP contribution in [0.15, 0.2) is 36.5 Å². The predicted molar refractivity (Wildman–Crippen MR) is 120 cm³/mol. The molecule has 12 heteroatoms. The second kappa shape index (κ2) is 10.7. The minimum absolute atomic E-state index is 0.0403. The SMILES string of the molecule is Cc1cc(OCCC(C(F)(F)F)C(F)(F)F)c2nc(C)c(C(=O)CCC(O)c3ccc(Cl)cc3)n2c1. The van der Waals surface area contributed by atoms with Crippen molar-refractivity contribution in [2.75, 3.05) is 6.61 Å². The van der Waals surface area contributed by atoms with Gasteiger partial charge in [0.1, 0.15) is 5.69 Å². The number of nitrogens with zero attached hydrogens (tertiary/aromatic N) is 2. The molecule has 3 rings (SSSR count). The number of hydrogen-bond donors (Lipinski definition) is 1. The highest BCUT2D eigenvalue weighted by Crippen LogP contribution is 2.41. The van der Waals surface area contributed by atoms with Crippen molar-refractivity contribution in [1.82, 2.24) is 9.38 Å². The molecule has 3 aromatic rings. The average Bonchev–Trinajstić information content (AvgIpc) is 3.09. The van der Waals surface area contributed by atoms with Gasteiger partial charge >= 0.3 is 12.4 Å². The first-order valence-corrected chi connectivity index (χ1v) is 11.3. The van der Waals surface area contributed by atoms with Crippen molar-refractivity contribution in [1.29, 1.82) is 0 Å². The molecule has 0 aliphatic carbocycles. The van der Waals surface area contributed by atoms with Gasteiger partial charge in [-0.05, 0) is 49.6 Å². The van der Waals surface area contributed by atoms with Crippen molar-refractivity contribution in [3.63, 3.8) is 0 Å². The molecule has 1 N–H and O–H groups in total. The lowest BCUT2D eigenvalue weighted by Crippen LogP contribution is -2.37. The normalized spacial score (nSPS) is 13.4. The number of Topliss-reactive ketones (excluding diaryl/α,β-unsaturated/α-hetero) is 1. The van der Waals surface area contributed by atoms with Crippen molar-refractivity contribution in [2.24, 2.45) is 5.92 Å². The van der Waals surface area contributed by atoms with Crippen LogP contribution >= 0.6 is 11.6 Å². The van der Waals surface area contributed by atoms with Gasteiger partial charge in [-0.1, -0.05) is 23.7 Å². The molecule has 0 aliphatic heterocycles. The highest BCUT2D eigenvalue weighted by atomic mass is 35.5. The van der Waals surface area contributed by atoms with E-state index in [0.29, 0.717) is 21.8 Å². The number of ketones is 1. The van der Waals surface area contributed by atoms with E-state index in [-0.39, 0.29) is 35.7 Å². The molecule has 196 valence electrons. The van der Waals surface area contributed by atoms with Gasteiger partial charge in [-0.25, -0.2) is 4.98 Å². The van der Waals surface area contributed by atoms with Gasteiger partial charge in [-0.15, -0.1) is 0 Å². The van der Waals surface area contributed by atoms with Crippen molar-refractivity contribution in [2.45, 2.75) is 51.6 Å². The number of aliphatic hydroxyl groups excluding tert-OH is 1. The molecular formula is C24H23ClF6N2O3. The zero-order valence-corrected chi connectivity index (χ0v) is 20.0. The zero-order chi connectivity index (χ0) is 26.8. The molecular weight excluding hydrogens is 514 g/mol. The first-order valence-electron chi connectivity index (χ1n) is 10.9. The minimum Gasteiger partial charge on any atom is -0.490 e. The summed E-state index contributed by atoms with van der Waals surface area (Å²) >= 11 is 5.84. The average molecular weight is 537 g/mol. The Kier molecular flexibility index (Phi) is 8.24. The number of imidazole rings is 1. The third kappa shape index (κ3) is 6.50. The fourth-order valence-electron chi connectivity index (χ4n) is 3.84. The molecule has 0 fully saturated rings. The van der Waals surface area contributed by atoms with E-state index in [9.17, 15) is 36.2 Å². The zero-order valence-electron chi connectivity index (χ0n) is 19.3. The number of ether oxygens (including phenoxy) is 1. The summed E-state index contributed by atoms with van der Waals surface area (Å²) in [6, 6.07) is 7.95. The fraction of sp³-hybridized carbons (Fsp3) is 0.417. The molecule has 1 atom stereocenters. The Bertz CT molecular complexity index is 1210. The smallest absolute Gasteiger partial charge is 0.400 e. The Morgan fingerprint density at radius 3 is 2.28 bits per heavy atom. The third-order valence-corrected chi connectivity index (χ3v) is 5.87. The number of rotatable bonds is 9. The highest BCUT2D eigenvalue weighted by molar-refractivity contribution is 6.30. The van der Waals surface area contributed by atoms with E-state index < -0.39 is 37.4 Å². The van der Waals surface area contributed by atoms with E-state index in [0.717, 1.165) is 0 Å². The van der Waals surface area contributed by atoms with Crippen LogP contribution in [0.5, 0.6) is 5.75 Å². The van der Waals surface area contributed by atoms with E-state index in [4.69, 9.17) is 16.3 Å². The van der Waals surface area contributed by atoms with Crippen LogP contribution in [0.2, 0.25) is 5.02 Å². The van der Waals surface area contributed by atoms with Gasteiger partial charge < -0.3 is 9.84 Å².